The van der Waals surface area contributed by atoms with Crippen LogP contribution in [0.5, 0.6) is 0 Å². The molecule has 0 unspecified atom stereocenters. The summed E-state index contributed by atoms with van der Waals surface area (Å²) >= 11 is 3.71. The number of fused-ring (bicyclic) bond motifs is 7. The summed E-state index contributed by atoms with van der Waals surface area (Å²) in [4.78, 5) is 5.34. The van der Waals surface area contributed by atoms with Crippen LogP contribution in [0.4, 0.5) is 0 Å². The number of rotatable bonds is 3. The molecule has 0 radical (unpaired) electrons. The Morgan fingerprint density at radius 2 is 1.20 bits per heavy atom. The first kappa shape index (κ1) is 23.4. The third kappa shape index (κ3) is 3.23. The maximum Gasteiger partial charge on any atom is 0.0794 e. The highest BCUT2D eigenvalue weighted by Gasteiger charge is 2.46. The van der Waals surface area contributed by atoms with E-state index in [0.717, 1.165) is 21.2 Å². The lowest BCUT2D eigenvalue weighted by molar-refractivity contribution is 0.769. The zero-order chi connectivity index (χ0) is 26.7. The molecule has 1 aliphatic carbocycles. The van der Waals surface area contributed by atoms with E-state index in [1.165, 1.54) is 49.5 Å². The fraction of sp³-hybridized carbons (Fsp3) is 0.0263. The first-order valence-corrected chi connectivity index (χ1v) is 14.4. The lowest BCUT2D eigenvalue weighted by Crippen LogP contribution is -2.28. The minimum Gasteiger partial charge on any atom is -0.247 e. The van der Waals surface area contributed by atoms with Gasteiger partial charge in [-0.25, -0.2) is 4.98 Å². The largest absolute Gasteiger partial charge is 0.247 e. The van der Waals surface area contributed by atoms with Crippen molar-refractivity contribution in [2.45, 2.75) is 5.41 Å². The predicted octanol–water partition coefficient (Wildman–Crippen LogP) is 10.2. The zero-order valence-electron chi connectivity index (χ0n) is 21.7. The molecule has 1 heterocycles. The van der Waals surface area contributed by atoms with E-state index in [4.69, 9.17) is 4.98 Å². The molecule has 2 heteroatoms. The molecule has 0 amide bonds. The average molecular weight is 575 g/mol. The van der Waals surface area contributed by atoms with E-state index in [1.807, 2.05) is 0 Å². The number of halogens is 1. The Morgan fingerprint density at radius 3 is 1.95 bits per heavy atom. The molecule has 0 spiro atoms. The molecule has 1 nitrogen and oxygen atoms in total. The Bertz CT molecular complexity index is 2020. The van der Waals surface area contributed by atoms with Crippen molar-refractivity contribution in [3.05, 3.63) is 172 Å². The van der Waals surface area contributed by atoms with Crippen molar-refractivity contribution >= 4 is 37.6 Å². The molecule has 0 aliphatic heterocycles. The number of hydrogen-bond donors (Lipinski definition) is 0. The number of para-hydroxylation sites is 1. The molecular formula is C38H24BrN. The standard InChI is InChI=1S/C38H24BrN/c39-28-17-11-12-25(24-28)37-36-30(29-18-8-10-21-34(29)40-37)22-23-33-35(36)31-19-7-9-20-32(31)38(33,26-13-3-1-4-14-26)27-15-5-2-6-16-27/h1-24H. The third-order valence-corrected chi connectivity index (χ3v) is 8.88. The molecule has 0 saturated heterocycles. The fourth-order valence-corrected chi connectivity index (χ4v) is 7.22. The van der Waals surface area contributed by atoms with E-state index < -0.39 is 5.41 Å². The lowest BCUT2D eigenvalue weighted by Gasteiger charge is -2.34. The van der Waals surface area contributed by atoms with Gasteiger partial charge < -0.3 is 0 Å². The van der Waals surface area contributed by atoms with E-state index in [0.29, 0.717) is 0 Å². The first-order valence-electron chi connectivity index (χ1n) is 13.6. The fourth-order valence-electron chi connectivity index (χ4n) is 6.82. The van der Waals surface area contributed by atoms with Crippen molar-refractivity contribution in [2.24, 2.45) is 0 Å². The number of benzene rings is 6. The molecule has 188 valence electrons. The van der Waals surface area contributed by atoms with Gasteiger partial charge in [-0.05, 0) is 57.0 Å². The summed E-state index contributed by atoms with van der Waals surface area (Å²) in [5, 5.41) is 3.61. The lowest BCUT2D eigenvalue weighted by atomic mass is 9.67. The summed E-state index contributed by atoms with van der Waals surface area (Å²) in [6.45, 7) is 0. The van der Waals surface area contributed by atoms with Gasteiger partial charge in [-0.15, -0.1) is 0 Å². The van der Waals surface area contributed by atoms with Gasteiger partial charge in [0.05, 0.1) is 16.6 Å². The summed E-state index contributed by atoms with van der Waals surface area (Å²) in [6, 6.07) is 52.6. The first-order chi connectivity index (χ1) is 19.8. The topological polar surface area (TPSA) is 12.9 Å². The van der Waals surface area contributed by atoms with Crippen LogP contribution in [0.25, 0.3) is 44.1 Å². The Morgan fingerprint density at radius 1 is 0.525 bits per heavy atom. The molecule has 0 bridgehead atoms. The molecule has 0 fully saturated rings. The number of aromatic nitrogens is 1. The molecule has 7 aromatic rings. The van der Waals surface area contributed by atoms with Gasteiger partial charge in [-0.3, -0.25) is 0 Å². The highest BCUT2D eigenvalue weighted by atomic mass is 79.9. The van der Waals surface area contributed by atoms with Crippen LogP contribution in [-0.4, -0.2) is 4.98 Å². The van der Waals surface area contributed by atoms with Gasteiger partial charge in [0.15, 0.2) is 0 Å². The van der Waals surface area contributed by atoms with E-state index >= 15 is 0 Å². The van der Waals surface area contributed by atoms with Crippen molar-refractivity contribution < 1.29 is 0 Å². The molecule has 40 heavy (non-hydrogen) atoms. The summed E-state index contributed by atoms with van der Waals surface area (Å²) in [5.74, 6) is 0. The van der Waals surface area contributed by atoms with Crippen LogP contribution >= 0.6 is 15.9 Å². The summed E-state index contributed by atoms with van der Waals surface area (Å²) in [6.07, 6.45) is 0. The van der Waals surface area contributed by atoms with Crippen LogP contribution < -0.4 is 0 Å². The van der Waals surface area contributed by atoms with Gasteiger partial charge in [-0.1, -0.05) is 143 Å². The Kier molecular flexibility index (Phi) is 5.26. The quantitative estimate of drug-likeness (QED) is 0.191. The number of nitrogens with zero attached hydrogens (tertiary/aromatic N) is 1. The second-order valence-corrected chi connectivity index (χ2v) is 11.3. The van der Waals surface area contributed by atoms with Crippen LogP contribution in [0.15, 0.2) is 150 Å². The molecule has 6 aromatic carbocycles. The summed E-state index contributed by atoms with van der Waals surface area (Å²) in [5.41, 5.74) is 10.4. The van der Waals surface area contributed by atoms with Crippen molar-refractivity contribution in [3.8, 4) is 22.4 Å². The highest BCUT2D eigenvalue weighted by Crippen LogP contribution is 2.58. The van der Waals surface area contributed by atoms with E-state index in [1.54, 1.807) is 0 Å². The van der Waals surface area contributed by atoms with Gasteiger partial charge in [0, 0.05) is 20.8 Å². The molecule has 1 aromatic heterocycles. The molecule has 0 saturated carbocycles. The monoisotopic (exact) mass is 573 g/mol. The van der Waals surface area contributed by atoms with Crippen LogP contribution in [0, 0.1) is 0 Å². The Hall–Kier alpha value is -4.53. The summed E-state index contributed by atoms with van der Waals surface area (Å²) < 4.78 is 1.05. The van der Waals surface area contributed by atoms with Crippen LogP contribution in [-0.2, 0) is 5.41 Å². The van der Waals surface area contributed by atoms with Gasteiger partial charge in [-0.2, -0.15) is 0 Å². The van der Waals surface area contributed by atoms with E-state index in [-0.39, 0.29) is 0 Å². The van der Waals surface area contributed by atoms with Crippen LogP contribution in [0.2, 0.25) is 0 Å². The predicted molar refractivity (Wildman–Crippen MR) is 170 cm³/mol. The van der Waals surface area contributed by atoms with Crippen molar-refractivity contribution in [3.63, 3.8) is 0 Å². The smallest absolute Gasteiger partial charge is 0.0794 e. The van der Waals surface area contributed by atoms with Gasteiger partial charge >= 0.3 is 0 Å². The third-order valence-electron chi connectivity index (χ3n) is 8.38. The maximum atomic E-state index is 5.34. The van der Waals surface area contributed by atoms with Gasteiger partial charge in [0.1, 0.15) is 0 Å². The normalized spacial score (nSPS) is 13.3. The second kappa shape index (κ2) is 9.01. The highest BCUT2D eigenvalue weighted by molar-refractivity contribution is 9.10. The number of pyridine rings is 1. The van der Waals surface area contributed by atoms with Gasteiger partial charge in [0.2, 0.25) is 0 Å². The van der Waals surface area contributed by atoms with Crippen molar-refractivity contribution in [2.75, 3.05) is 0 Å². The van der Waals surface area contributed by atoms with Crippen molar-refractivity contribution in [1.82, 2.24) is 4.98 Å². The average Bonchev–Trinajstić information content (AvgIpc) is 3.33. The molecular weight excluding hydrogens is 550 g/mol. The molecule has 0 N–H and O–H groups in total. The van der Waals surface area contributed by atoms with Crippen molar-refractivity contribution in [1.29, 1.82) is 0 Å². The number of hydrogen-bond acceptors (Lipinski definition) is 1. The second-order valence-electron chi connectivity index (χ2n) is 10.4. The summed E-state index contributed by atoms with van der Waals surface area (Å²) in [7, 11) is 0. The van der Waals surface area contributed by atoms with E-state index in [9.17, 15) is 0 Å². The minimum atomic E-state index is -0.442. The maximum absolute atomic E-state index is 5.34. The Labute approximate surface area is 241 Å². The van der Waals surface area contributed by atoms with Crippen LogP contribution in [0.3, 0.4) is 0 Å². The van der Waals surface area contributed by atoms with E-state index in [2.05, 4.69) is 162 Å². The molecule has 1 aliphatic rings. The SMILES string of the molecule is Brc1cccc(-c2nc3ccccc3c3ccc4c(c23)-c2ccccc2C4(c2ccccc2)c2ccccc2)c1. The zero-order valence-corrected chi connectivity index (χ0v) is 23.3. The molecule has 8 rings (SSSR count). The van der Waals surface area contributed by atoms with Gasteiger partial charge in [0.25, 0.3) is 0 Å². The molecule has 0 atom stereocenters. The van der Waals surface area contributed by atoms with Crippen LogP contribution in [0.1, 0.15) is 22.3 Å². The Balaban J connectivity index is 1.61. The minimum absolute atomic E-state index is 0.442.